The van der Waals surface area contributed by atoms with Crippen molar-refractivity contribution >= 4 is 29.7 Å². The van der Waals surface area contributed by atoms with Gasteiger partial charge in [0.05, 0.1) is 23.5 Å². The smallest absolute Gasteiger partial charge is 0.343 e. The monoisotopic (exact) mass is 570 g/mol. The molecule has 0 spiro atoms. The number of Topliss-reactive ketones (excluding diaryl/α,β-unsaturated/α-hetero) is 1. The van der Waals surface area contributed by atoms with E-state index in [2.05, 4.69) is 6.08 Å². The summed E-state index contributed by atoms with van der Waals surface area (Å²) in [5.41, 5.74) is -2.19. The Labute approximate surface area is 238 Å². The summed E-state index contributed by atoms with van der Waals surface area (Å²) in [6.07, 6.45) is 11.0. The van der Waals surface area contributed by atoms with Crippen molar-refractivity contribution in [1.82, 2.24) is 0 Å². The highest BCUT2D eigenvalue weighted by atomic mass is 16.7. The lowest BCUT2D eigenvalue weighted by molar-refractivity contribution is -0.206. The Morgan fingerprint density at radius 2 is 1.78 bits per heavy atom. The van der Waals surface area contributed by atoms with Crippen molar-refractivity contribution in [2.75, 3.05) is 0 Å². The van der Waals surface area contributed by atoms with Crippen LogP contribution in [0.4, 0.5) is 0 Å². The molecule has 222 valence electrons. The van der Waals surface area contributed by atoms with E-state index in [1.54, 1.807) is 12.2 Å². The average molecular weight is 571 g/mol. The van der Waals surface area contributed by atoms with Crippen molar-refractivity contribution < 1.29 is 48.8 Å². The average Bonchev–Trinajstić information content (AvgIpc) is 3.26. The number of aliphatic carboxylic acids is 1. The van der Waals surface area contributed by atoms with E-state index in [9.17, 15) is 39.3 Å². The van der Waals surface area contributed by atoms with Crippen LogP contribution >= 0.6 is 0 Å². The zero-order chi connectivity index (χ0) is 29.9. The number of unbranched alkanes of at least 4 members (excludes halogenated alkanes) is 3. The highest BCUT2D eigenvalue weighted by molar-refractivity contribution is 6.14. The highest BCUT2D eigenvalue weighted by Gasteiger charge is 2.72. The van der Waals surface area contributed by atoms with Crippen LogP contribution in [0.15, 0.2) is 47.1 Å². The van der Waals surface area contributed by atoms with Crippen LogP contribution in [0.3, 0.4) is 0 Å². The molecule has 2 heterocycles. The summed E-state index contributed by atoms with van der Waals surface area (Å²) in [5.74, 6) is -9.70. The molecule has 4 rings (SSSR count). The number of carbonyl (C=O) groups is 5. The molecule has 10 heteroatoms. The van der Waals surface area contributed by atoms with E-state index in [0.717, 1.165) is 25.7 Å². The molecule has 4 bridgehead atoms. The quantitative estimate of drug-likeness (QED) is 0.122. The molecule has 0 radical (unpaired) electrons. The maximum Gasteiger partial charge on any atom is 0.343 e. The van der Waals surface area contributed by atoms with Crippen LogP contribution in [-0.2, 0) is 33.4 Å². The van der Waals surface area contributed by atoms with Gasteiger partial charge in [0.2, 0.25) is 5.79 Å². The first-order chi connectivity index (χ1) is 19.5. The predicted molar refractivity (Wildman–Crippen MR) is 145 cm³/mol. The molecule has 0 amide bonds. The number of cyclic esters (lactones) is 2. The first-order valence-electron chi connectivity index (χ1n) is 14.3. The first-order valence-corrected chi connectivity index (χ1v) is 14.3. The Morgan fingerprint density at radius 3 is 2.46 bits per heavy atom. The van der Waals surface area contributed by atoms with E-state index in [4.69, 9.17) is 9.47 Å². The number of fused-ring (bicyclic) bond motifs is 1. The summed E-state index contributed by atoms with van der Waals surface area (Å²) in [4.78, 5) is 64.1. The van der Waals surface area contributed by atoms with Crippen LogP contribution in [0.25, 0.3) is 0 Å². The van der Waals surface area contributed by atoms with Gasteiger partial charge in [-0.25, -0.2) is 9.59 Å². The third-order valence-electron chi connectivity index (χ3n) is 8.84. The van der Waals surface area contributed by atoms with Crippen LogP contribution in [0.1, 0.15) is 78.1 Å². The topological polar surface area (TPSA) is 164 Å². The number of carboxylic acid groups (broad SMARTS) is 1. The van der Waals surface area contributed by atoms with Gasteiger partial charge in [-0.15, -0.1) is 0 Å². The Balaban J connectivity index is 1.80. The van der Waals surface area contributed by atoms with Crippen LogP contribution < -0.4 is 0 Å². The molecular formula is C31H38O10. The molecule has 0 aromatic carbocycles. The van der Waals surface area contributed by atoms with Crippen molar-refractivity contribution in [2.45, 2.75) is 89.9 Å². The van der Waals surface area contributed by atoms with Crippen molar-refractivity contribution in [3.8, 4) is 0 Å². The number of carboxylic acids is 1. The lowest BCUT2D eigenvalue weighted by Crippen LogP contribution is -2.51. The number of carbonyl (C=O) groups excluding carboxylic acids is 4. The van der Waals surface area contributed by atoms with Crippen LogP contribution in [0, 0.1) is 23.2 Å². The standard InChI is InChI=1S/C31H38O10/c1-3-5-7-8-9-11-12-18-14-23-30(17-24(34)35)16-20-25(28(37)40-27(20)36)26(31(23,39)41-29(30)38)19(18)15-22(33)21(32)13-10-6-4-2/h3-6,14,18-19,22,26,33,39H,7-13,15-17H2,1-2H3,(H,34,35)/b5-3+,6-4+/t18-,19+,22-,26+,30-,31-/m0/s1. The van der Waals surface area contributed by atoms with Gasteiger partial charge in [-0.3, -0.25) is 14.4 Å². The third-order valence-corrected chi connectivity index (χ3v) is 8.84. The maximum atomic E-state index is 13.4. The molecule has 2 aliphatic carbocycles. The predicted octanol–water partition coefficient (Wildman–Crippen LogP) is 3.47. The fraction of sp³-hybridized carbons (Fsp3) is 0.581. The van der Waals surface area contributed by atoms with E-state index in [1.165, 1.54) is 0 Å². The second kappa shape index (κ2) is 12.2. The number of hydrogen-bond donors (Lipinski definition) is 3. The lowest BCUT2D eigenvalue weighted by Gasteiger charge is -2.45. The first kappa shape index (κ1) is 30.6. The van der Waals surface area contributed by atoms with Gasteiger partial charge in [0.15, 0.2) is 5.78 Å². The zero-order valence-electron chi connectivity index (χ0n) is 23.5. The molecule has 10 nitrogen and oxygen atoms in total. The van der Waals surface area contributed by atoms with Crippen molar-refractivity contribution in [3.63, 3.8) is 0 Å². The number of hydrogen-bond acceptors (Lipinski definition) is 9. The molecule has 0 aromatic heterocycles. The molecule has 1 saturated heterocycles. The fourth-order valence-corrected chi connectivity index (χ4v) is 6.96. The third kappa shape index (κ3) is 5.59. The number of esters is 3. The normalized spacial score (nSPS) is 31.3. The molecule has 0 aromatic rings. The maximum absolute atomic E-state index is 13.4. The number of aliphatic hydroxyl groups is 2. The van der Waals surface area contributed by atoms with E-state index in [1.807, 2.05) is 26.0 Å². The van der Waals surface area contributed by atoms with Crippen LogP contribution in [0.5, 0.6) is 0 Å². The Kier molecular flexibility index (Phi) is 9.13. The second-order valence-corrected chi connectivity index (χ2v) is 11.4. The van der Waals surface area contributed by atoms with Crippen molar-refractivity contribution in [3.05, 3.63) is 47.1 Å². The van der Waals surface area contributed by atoms with Gasteiger partial charge in [0, 0.05) is 18.4 Å². The SMILES string of the molecule is C/C=C/CCCCC[C@H]1C=C2[C@@]3(CC(=O)O)CC4=C(C(=O)OC4=O)[C@@H]([C@@H]1C[C@H](O)C(=O)CC/C=C/C)[C@@]2(O)OC3=O. The summed E-state index contributed by atoms with van der Waals surface area (Å²) < 4.78 is 10.4. The van der Waals surface area contributed by atoms with Gasteiger partial charge in [-0.05, 0) is 57.8 Å². The van der Waals surface area contributed by atoms with Gasteiger partial charge in [0.1, 0.15) is 11.5 Å². The van der Waals surface area contributed by atoms with E-state index in [-0.39, 0.29) is 29.6 Å². The van der Waals surface area contributed by atoms with Crippen LogP contribution in [-0.4, -0.2) is 56.9 Å². The van der Waals surface area contributed by atoms with E-state index >= 15 is 0 Å². The Hall–Kier alpha value is -3.37. The molecule has 2 aliphatic heterocycles. The summed E-state index contributed by atoms with van der Waals surface area (Å²) in [6.45, 7) is 3.77. The molecule has 6 atom stereocenters. The zero-order valence-corrected chi connectivity index (χ0v) is 23.5. The van der Waals surface area contributed by atoms with Gasteiger partial charge in [-0.2, -0.15) is 0 Å². The molecule has 41 heavy (non-hydrogen) atoms. The van der Waals surface area contributed by atoms with Gasteiger partial charge in [0.25, 0.3) is 0 Å². The largest absolute Gasteiger partial charge is 0.481 e. The van der Waals surface area contributed by atoms with Gasteiger partial charge < -0.3 is 24.8 Å². The number of rotatable bonds is 14. The van der Waals surface area contributed by atoms with Gasteiger partial charge >= 0.3 is 23.9 Å². The van der Waals surface area contributed by atoms with E-state index < -0.39 is 77.6 Å². The van der Waals surface area contributed by atoms with E-state index in [0.29, 0.717) is 12.8 Å². The lowest BCUT2D eigenvalue weighted by atomic mass is 9.61. The fourth-order valence-electron chi connectivity index (χ4n) is 6.96. The van der Waals surface area contributed by atoms with Crippen molar-refractivity contribution in [2.24, 2.45) is 23.2 Å². The number of ketones is 1. The van der Waals surface area contributed by atoms with Gasteiger partial charge in [-0.1, -0.05) is 43.2 Å². The number of allylic oxidation sites excluding steroid dienone is 5. The molecule has 3 N–H and O–H groups in total. The van der Waals surface area contributed by atoms with Crippen molar-refractivity contribution in [1.29, 1.82) is 0 Å². The second-order valence-electron chi connectivity index (χ2n) is 11.4. The summed E-state index contributed by atoms with van der Waals surface area (Å²) in [7, 11) is 0. The number of aliphatic hydroxyl groups excluding tert-OH is 1. The summed E-state index contributed by atoms with van der Waals surface area (Å²) in [5, 5.41) is 32.8. The molecule has 4 aliphatic rings. The van der Waals surface area contributed by atoms with Crippen LogP contribution in [0.2, 0.25) is 0 Å². The minimum atomic E-state index is -2.42. The Bertz CT molecular complexity index is 1240. The molecule has 1 fully saturated rings. The highest BCUT2D eigenvalue weighted by Crippen LogP contribution is 2.64. The Morgan fingerprint density at radius 1 is 1.07 bits per heavy atom. The summed E-state index contributed by atoms with van der Waals surface area (Å²) in [6, 6.07) is 0. The minimum absolute atomic E-state index is 0.0291. The molecule has 0 unspecified atom stereocenters. The molecule has 0 saturated carbocycles. The minimum Gasteiger partial charge on any atom is -0.481 e. The number of ether oxygens (including phenoxy) is 2. The summed E-state index contributed by atoms with van der Waals surface area (Å²) >= 11 is 0. The molecular weight excluding hydrogens is 532 g/mol.